The summed E-state index contributed by atoms with van der Waals surface area (Å²) >= 11 is 0. The van der Waals surface area contributed by atoms with Gasteiger partial charge < -0.3 is 9.73 Å². The van der Waals surface area contributed by atoms with Gasteiger partial charge in [0.25, 0.3) is 5.91 Å². The highest BCUT2D eigenvalue weighted by Crippen LogP contribution is 2.25. The van der Waals surface area contributed by atoms with Crippen LogP contribution in [0, 0.1) is 5.82 Å². The van der Waals surface area contributed by atoms with E-state index in [1.54, 1.807) is 18.2 Å². The zero-order chi connectivity index (χ0) is 18.0. The number of hydrogen-bond donors (Lipinski definition) is 1. The minimum absolute atomic E-state index is 0.0189. The first-order chi connectivity index (χ1) is 11.8. The number of nitrogens with one attached hydrogen (secondary N) is 1. The Kier molecular flexibility index (Phi) is 4.41. The van der Waals surface area contributed by atoms with Crippen LogP contribution in [0.4, 0.5) is 10.1 Å². The van der Waals surface area contributed by atoms with Gasteiger partial charge in [0.15, 0.2) is 15.6 Å². The van der Waals surface area contributed by atoms with E-state index in [9.17, 15) is 17.6 Å². The smallest absolute Gasteiger partial charge is 0.291 e. The predicted molar refractivity (Wildman–Crippen MR) is 91.6 cm³/mol. The second-order valence-corrected chi connectivity index (χ2v) is 7.41. The third-order valence-electron chi connectivity index (χ3n) is 3.51. The van der Waals surface area contributed by atoms with Crippen molar-refractivity contribution in [2.45, 2.75) is 4.90 Å². The van der Waals surface area contributed by atoms with Gasteiger partial charge in [0.1, 0.15) is 11.6 Å². The van der Waals surface area contributed by atoms with Crippen molar-refractivity contribution in [2.24, 2.45) is 0 Å². The zero-order valence-electron chi connectivity index (χ0n) is 13.2. The van der Waals surface area contributed by atoms with Crippen molar-refractivity contribution in [2.75, 3.05) is 11.6 Å². The van der Waals surface area contributed by atoms with Crippen LogP contribution in [0.1, 0.15) is 10.6 Å². The van der Waals surface area contributed by atoms with Crippen molar-refractivity contribution < 1.29 is 22.0 Å². The molecule has 1 aromatic heterocycles. The molecule has 3 rings (SSSR count). The minimum atomic E-state index is -3.30. The summed E-state index contributed by atoms with van der Waals surface area (Å²) in [5.74, 6) is -0.698. The molecule has 1 heterocycles. The number of amides is 1. The highest BCUT2D eigenvalue weighted by molar-refractivity contribution is 7.90. The van der Waals surface area contributed by atoms with E-state index in [0.29, 0.717) is 5.69 Å². The summed E-state index contributed by atoms with van der Waals surface area (Å²) in [6.07, 6.45) is 1.10. The number of halogens is 1. The minimum Gasteiger partial charge on any atom is -0.451 e. The number of anilines is 1. The van der Waals surface area contributed by atoms with Crippen LogP contribution in [0.3, 0.4) is 0 Å². The van der Waals surface area contributed by atoms with Crippen LogP contribution >= 0.6 is 0 Å². The van der Waals surface area contributed by atoms with Crippen molar-refractivity contribution in [3.8, 4) is 11.3 Å². The molecule has 7 heteroatoms. The van der Waals surface area contributed by atoms with Gasteiger partial charge in [-0.1, -0.05) is 12.1 Å². The molecule has 0 bridgehead atoms. The summed E-state index contributed by atoms with van der Waals surface area (Å²) in [6, 6.07) is 14.8. The van der Waals surface area contributed by atoms with E-state index in [-0.39, 0.29) is 22.0 Å². The highest BCUT2D eigenvalue weighted by atomic mass is 32.2. The molecule has 128 valence electrons. The van der Waals surface area contributed by atoms with E-state index >= 15 is 0 Å². The molecule has 2 aromatic carbocycles. The van der Waals surface area contributed by atoms with E-state index in [1.165, 1.54) is 42.5 Å². The van der Waals surface area contributed by atoms with Gasteiger partial charge in [0.2, 0.25) is 0 Å². The normalized spacial score (nSPS) is 11.3. The molecule has 0 atom stereocenters. The summed E-state index contributed by atoms with van der Waals surface area (Å²) in [7, 11) is -3.30. The Hall–Kier alpha value is -2.93. The van der Waals surface area contributed by atoms with Crippen molar-refractivity contribution in [1.82, 2.24) is 0 Å². The molecular formula is C18H14FNO4S. The van der Waals surface area contributed by atoms with Gasteiger partial charge in [-0.2, -0.15) is 0 Å². The molecule has 1 amide bonds. The molecule has 0 saturated carbocycles. The molecule has 5 nitrogen and oxygen atoms in total. The second kappa shape index (κ2) is 6.52. The quantitative estimate of drug-likeness (QED) is 0.770. The number of carbonyl (C=O) groups excluding carboxylic acids is 1. The van der Waals surface area contributed by atoms with E-state index < -0.39 is 21.6 Å². The molecule has 0 aliphatic heterocycles. The lowest BCUT2D eigenvalue weighted by molar-refractivity contribution is 0.0997. The van der Waals surface area contributed by atoms with Gasteiger partial charge in [0.05, 0.1) is 10.5 Å². The van der Waals surface area contributed by atoms with Crippen molar-refractivity contribution in [3.63, 3.8) is 0 Å². The Bertz CT molecular complexity index is 1020. The number of hydrogen-bond acceptors (Lipinski definition) is 4. The SMILES string of the molecule is CS(=O)(=O)c1ccc(NC(=O)c2ccc(-c3ccccc3F)o2)cc1. The van der Waals surface area contributed by atoms with E-state index in [0.717, 1.165) is 6.26 Å². The molecule has 0 spiro atoms. The molecule has 1 N–H and O–H groups in total. The Morgan fingerprint density at radius 1 is 1.00 bits per heavy atom. The molecule has 0 unspecified atom stereocenters. The Morgan fingerprint density at radius 3 is 2.32 bits per heavy atom. The number of rotatable bonds is 4. The number of furan rings is 1. The average Bonchev–Trinajstić information content (AvgIpc) is 3.05. The Balaban J connectivity index is 1.77. The maximum Gasteiger partial charge on any atom is 0.291 e. The molecule has 3 aromatic rings. The molecule has 0 aliphatic rings. The third-order valence-corrected chi connectivity index (χ3v) is 4.64. The predicted octanol–water partition coefficient (Wildman–Crippen LogP) is 3.74. The van der Waals surface area contributed by atoms with Gasteiger partial charge in [0, 0.05) is 11.9 Å². The topological polar surface area (TPSA) is 76.4 Å². The average molecular weight is 359 g/mol. The van der Waals surface area contributed by atoms with Crippen LogP contribution in [0.15, 0.2) is 70.0 Å². The zero-order valence-corrected chi connectivity index (χ0v) is 14.0. The maximum atomic E-state index is 13.8. The maximum absolute atomic E-state index is 13.8. The van der Waals surface area contributed by atoms with Gasteiger partial charge >= 0.3 is 0 Å². The van der Waals surface area contributed by atoms with Crippen LogP contribution in [-0.2, 0) is 9.84 Å². The lowest BCUT2D eigenvalue weighted by Crippen LogP contribution is -2.10. The first-order valence-corrected chi connectivity index (χ1v) is 9.20. The fourth-order valence-electron chi connectivity index (χ4n) is 2.24. The summed E-state index contributed by atoms with van der Waals surface area (Å²) < 4.78 is 42.0. The third kappa shape index (κ3) is 3.77. The van der Waals surface area contributed by atoms with Gasteiger partial charge in [-0.15, -0.1) is 0 Å². The van der Waals surface area contributed by atoms with Crippen LogP contribution in [-0.4, -0.2) is 20.6 Å². The highest BCUT2D eigenvalue weighted by Gasteiger charge is 2.15. The van der Waals surface area contributed by atoms with Crippen molar-refractivity contribution in [3.05, 3.63) is 72.2 Å². The number of benzene rings is 2. The Morgan fingerprint density at radius 2 is 1.68 bits per heavy atom. The first kappa shape index (κ1) is 16.9. The van der Waals surface area contributed by atoms with E-state index in [2.05, 4.69) is 5.32 Å². The first-order valence-electron chi connectivity index (χ1n) is 7.31. The lowest BCUT2D eigenvalue weighted by Gasteiger charge is -2.04. The largest absolute Gasteiger partial charge is 0.451 e. The molecule has 0 aliphatic carbocycles. The molecule has 0 fully saturated rings. The fraction of sp³-hybridized carbons (Fsp3) is 0.0556. The van der Waals surface area contributed by atoms with Crippen LogP contribution in [0.5, 0.6) is 0 Å². The van der Waals surface area contributed by atoms with Gasteiger partial charge in [-0.05, 0) is 48.5 Å². The number of carbonyl (C=O) groups is 1. The Labute approximate surface area is 144 Å². The molecule has 25 heavy (non-hydrogen) atoms. The lowest BCUT2D eigenvalue weighted by atomic mass is 10.1. The van der Waals surface area contributed by atoms with Crippen molar-refractivity contribution in [1.29, 1.82) is 0 Å². The standard InChI is InChI=1S/C18H14FNO4S/c1-25(22,23)13-8-6-12(7-9-13)20-18(21)17-11-10-16(24-17)14-4-2-3-5-15(14)19/h2-11H,1H3,(H,20,21). The van der Waals surface area contributed by atoms with Crippen molar-refractivity contribution >= 4 is 21.4 Å². The second-order valence-electron chi connectivity index (χ2n) is 5.39. The van der Waals surface area contributed by atoms with E-state index in [4.69, 9.17) is 4.42 Å². The molecular weight excluding hydrogens is 345 g/mol. The summed E-state index contributed by atoms with van der Waals surface area (Å²) in [5, 5.41) is 2.60. The fourth-order valence-corrected chi connectivity index (χ4v) is 2.87. The van der Waals surface area contributed by atoms with Gasteiger partial charge in [-0.3, -0.25) is 4.79 Å². The summed E-state index contributed by atoms with van der Waals surface area (Å²) in [4.78, 5) is 12.4. The van der Waals surface area contributed by atoms with Crippen LogP contribution in [0.2, 0.25) is 0 Å². The number of sulfone groups is 1. The monoisotopic (exact) mass is 359 g/mol. The van der Waals surface area contributed by atoms with Gasteiger partial charge in [-0.25, -0.2) is 12.8 Å². The van der Waals surface area contributed by atoms with E-state index in [1.807, 2.05) is 0 Å². The molecule has 0 radical (unpaired) electrons. The van der Waals surface area contributed by atoms with Crippen LogP contribution < -0.4 is 5.32 Å². The molecule has 0 saturated heterocycles. The summed E-state index contributed by atoms with van der Waals surface area (Å²) in [6.45, 7) is 0. The summed E-state index contributed by atoms with van der Waals surface area (Å²) in [5.41, 5.74) is 0.681. The van der Waals surface area contributed by atoms with Crippen LogP contribution in [0.25, 0.3) is 11.3 Å².